The van der Waals surface area contributed by atoms with Gasteiger partial charge in [-0.3, -0.25) is 10.1 Å². The van der Waals surface area contributed by atoms with Gasteiger partial charge in [0.25, 0.3) is 0 Å². The summed E-state index contributed by atoms with van der Waals surface area (Å²) < 4.78 is 0. The lowest BCUT2D eigenvalue weighted by Gasteiger charge is -2.05. The van der Waals surface area contributed by atoms with Crippen LogP contribution in [-0.4, -0.2) is 25.0 Å². The van der Waals surface area contributed by atoms with Crippen LogP contribution in [0.15, 0.2) is 0 Å². The lowest BCUT2D eigenvalue weighted by molar-refractivity contribution is -0.119. The quantitative estimate of drug-likeness (QED) is 0.587. The van der Waals surface area contributed by atoms with Crippen LogP contribution in [0.2, 0.25) is 0 Å². The van der Waals surface area contributed by atoms with E-state index in [2.05, 4.69) is 19.2 Å². The fraction of sp³-hybridized carbons (Fsp3) is 0.778. The van der Waals surface area contributed by atoms with Gasteiger partial charge in [0, 0.05) is 0 Å². The Morgan fingerprint density at radius 3 is 2.50 bits per heavy atom. The molecule has 5 nitrogen and oxygen atoms in total. The van der Waals surface area contributed by atoms with Gasteiger partial charge < -0.3 is 11.1 Å². The number of imide groups is 1. The first-order chi connectivity index (χ1) is 6.42. The van der Waals surface area contributed by atoms with Gasteiger partial charge in [0.15, 0.2) is 0 Å². The fourth-order valence-electron chi connectivity index (χ4n) is 1.47. The van der Waals surface area contributed by atoms with Crippen LogP contribution >= 0.6 is 0 Å². The van der Waals surface area contributed by atoms with E-state index in [0.29, 0.717) is 11.3 Å². The van der Waals surface area contributed by atoms with Crippen molar-refractivity contribution in [3.63, 3.8) is 0 Å². The van der Waals surface area contributed by atoms with Gasteiger partial charge in [-0.05, 0) is 24.3 Å². The van der Waals surface area contributed by atoms with Crippen molar-refractivity contribution in [2.45, 2.75) is 20.3 Å². The van der Waals surface area contributed by atoms with Crippen LogP contribution < -0.4 is 16.4 Å². The van der Waals surface area contributed by atoms with Crippen LogP contribution in [-0.2, 0) is 4.79 Å². The van der Waals surface area contributed by atoms with Gasteiger partial charge in [-0.2, -0.15) is 0 Å². The number of carbonyl (C=O) groups is 2. The molecule has 1 unspecified atom stereocenters. The third kappa shape index (κ3) is 3.33. The van der Waals surface area contributed by atoms with Crippen LogP contribution in [0.4, 0.5) is 4.79 Å². The van der Waals surface area contributed by atoms with E-state index in [4.69, 9.17) is 5.73 Å². The summed E-state index contributed by atoms with van der Waals surface area (Å²) in [6, 6.07) is -0.802. The first kappa shape index (κ1) is 11.0. The lowest BCUT2D eigenvalue weighted by atomic mass is 10.1. The van der Waals surface area contributed by atoms with Crippen LogP contribution in [0.25, 0.3) is 0 Å². The Morgan fingerprint density at radius 2 is 2.07 bits per heavy atom. The predicted octanol–water partition coefficient (Wildman–Crippen LogP) is -0.183. The third-order valence-electron chi connectivity index (χ3n) is 2.66. The van der Waals surface area contributed by atoms with Crippen molar-refractivity contribution in [3.05, 3.63) is 0 Å². The molecule has 0 aliphatic heterocycles. The molecule has 0 heterocycles. The van der Waals surface area contributed by atoms with Crippen LogP contribution in [0, 0.1) is 11.3 Å². The molecular formula is C9H17N3O2. The Hall–Kier alpha value is -1.10. The molecule has 80 valence electrons. The van der Waals surface area contributed by atoms with Crippen LogP contribution in [0.3, 0.4) is 0 Å². The molecule has 0 spiro atoms. The maximum atomic E-state index is 10.9. The van der Waals surface area contributed by atoms with E-state index in [1.54, 1.807) is 0 Å². The smallest absolute Gasteiger partial charge is 0.318 e. The van der Waals surface area contributed by atoms with E-state index >= 15 is 0 Å². The molecule has 0 saturated heterocycles. The minimum absolute atomic E-state index is 0.148. The normalized spacial score (nSPS) is 22.9. The average molecular weight is 199 g/mol. The SMILES string of the molecule is CC1(C)CC1CNCC(=O)NC(N)=O. The molecule has 1 saturated carbocycles. The third-order valence-corrected chi connectivity index (χ3v) is 2.66. The maximum absolute atomic E-state index is 10.9. The number of nitrogens with one attached hydrogen (secondary N) is 2. The van der Waals surface area contributed by atoms with E-state index < -0.39 is 6.03 Å². The molecule has 5 heteroatoms. The number of carbonyl (C=O) groups excluding carboxylic acids is 2. The van der Waals surface area contributed by atoms with Gasteiger partial charge in [0.1, 0.15) is 0 Å². The van der Waals surface area contributed by atoms with Crippen molar-refractivity contribution in [1.29, 1.82) is 0 Å². The maximum Gasteiger partial charge on any atom is 0.318 e. The largest absolute Gasteiger partial charge is 0.351 e. The number of rotatable bonds is 4. The Labute approximate surface area is 83.4 Å². The van der Waals surface area contributed by atoms with Crippen molar-refractivity contribution < 1.29 is 9.59 Å². The molecule has 0 bridgehead atoms. The van der Waals surface area contributed by atoms with E-state index in [0.717, 1.165) is 6.54 Å². The van der Waals surface area contributed by atoms with Crippen molar-refractivity contribution >= 4 is 11.9 Å². The van der Waals surface area contributed by atoms with Gasteiger partial charge in [-0.1, -0.05) is 13.8 Å². The number of nitrogens with two attached hydrogens (primary N) is 1. The number of hydrogen-bond donors (Lipinski definition) is 3. The van der Waals surface area contributed by atoms with Gasteiger partial charge in [-0.25, -0.2) is 4.79 Å². The molecule has 1 aliphatic carbocycles. The van der Waals surface area contributed by atoms with Crippen molar-refractivity contribution in [1.82, 2.24) is 10.6 Å². The summed E-state index contributed by atoms with van der Waals surface area (Å²) in [4.78, 5) is 21.2. The van der Waals surface area contributed by atoms with Gasteiger partial charge in [-0.15, -0.1) is 0 Å². The van der Waals surface area contributed by atoms with E-state index in [9.17, 15) is 9.59 Å². The van der Waals surface area contributed by atoms with Crippen molar-refractivity contribution in [2.24, 2.45) is 17.1 Å². The van der Waals surface area contributed by atoms with Crippen LogP contribution in [0.5, 0.6) is 0 Å². The van der Waals surface area contributed by atoms with Crippen LogP contribution in [0.1, 0.15) is 20.3 Å². The summed E-state index contributed by atoms with van der Waals surface area (Å²) in [6.07, 6.45) is 1.19. The standard InChI is InChI=1S/C9H17N3O2/c1-9(2)3-6(9)4-11-5-7(13)12-8(10)14/h6,11H,3-5H2,1-2H3,(H3,10,12,13,14). The highest BCUT2D eigenvalue weighted by Gasteiger charge is 2.44. The summed E-state index contributed by atoms with van der Waals surface area (Å²) in [7, 11) is 0. The topological polar surface area (TPSA) is 84.2 Å². The summed E-state index contributed by atoms with van der Waals surface area (Å²) in [5.74, 6) is 0.264. The summed E-state index contributed by atoms with van der Waals surface area (Å²) in [5, 5.41) is 4.98. The molecule has 1 rings (SSSR count). The Balaban J connectivity index is 2.05. The lowest BCUT2D eigenvalue weighted by Crippen LogP contribution is -2.41. The van der Waals surface area contributed by atoms with Gasteiger partial charge in [0.05, 0.1) is 6.54 Å². The molecular weight excluding hydrogens is 182 g/mol. The monoisotopic (exact) mass is 199 g/mol. The second-order valence-electron chi connectivity index (χ2n) is 4.43. The minimum Gasteiger partial charge on any atom is -0.351 e. The number of primary amides is 1. The van der Waals surface area contributed by atoms with Gasteiger partial charge in [0.2, 0.25) is 5.91 Å². The molecule has 14 heavy (non-hydrogen) atoms. The van der Waals surface area contributed by atoms with E-state index in [1.807, 2.05) is 5.32 Å². The molecule has 0 aromatic carbocycles. The number of hydrogen-bond acceptors (Lipinski definition) is 3. The highest BCUT2D eigenvalue weighted by molar-refractivity contribution is 5.94. The molecule has 4 N–H and O–H groups in total. The molecule has 1 fully saturated rings. The Kier molecular flexibility index (Phi) is 3.10. The molecule has 0 aromatic heterocycles. The fourth-order valence-corrected chi connectivity index (χ4v) is 1.47. The summed E-state index contributed by atoms with van der Waals surface area (Å²) in [6.45, 7) is 5.36. The molecule has 1 aliphatic rings. The molecule has 0 aromatic rings. The second kappa shape index (κ2) is 3.96. The first-order valence-electron chi connectivity index (χ1n) is 4.72. The Morgan fingerprint density at radius 1 is 1.50 bits per heavy atom. The summed E-state index contributed by atoms with van der Waals surface area (Å²) in [5.41, 5.74) is 5.19. The van der Waals surface area contributed by atoms with E-state index in [-0.39, 0.29) is 12.5 Å². The molecule has 0 radical (unpaired) electrons. The van der Waals surface area contributed by atoms with E-state index in [1.165, 1.54) is 6.42 Å². The van der Waals surface area contributed by atoms with Crippen molar-refractivity contribution in [3.8, 4) is 0 Å². The first-order valence-corrected chi connectivity index (χ1v) is 4.72. The summed E-state index contributed by atoms with van der Waals surface area (Å²) >= 11 is 0. The highest BCUT2D eigenvalue weighted by Crippen LogP contribution is 2.50. The minimum atomic E-state index is -0.802. The molecule has 1 atom stereocenters. The highest BCUT2D eigenvalue weighted by atomic mass is 16.2. The second-order valence-corrected chi connectivity index (χ2v) is 4.43. The van der Waals surface area contributed by atoms with Crippen molar-refractivity contribution in [2.75, 3.05) is 13.1 Å². The predicted molar refractivity (Wildman–Crippen MR) is 52.5 cm³/mol. The zero-order valence-electron chi connectivity index (χ0n) is 8.59. The number of amides is 3. The molecule has 3 amide bonds. The number of urea groups is 1. The van der Waals surface area contributed by atoms with Gasteiger partial charge >= 0.3 is 6.03 Å². The zero-order chi connectivity index (χ0) is 10.8. The Bertz CT molecular complexity index is 250. The zero-order valence-corrected chi connectivity index (χ0v) is 8.59. The average Bonchev–Trinajstić information content (AvgIpc) is 2.57.